The molecule has 12 heteroatoms. The number of carbonyl (C=O) groups excluding carboxylic acids is 3. The van der Waals surface area contributed by atoms with Gasteiger partial charge in [0.05, 0.1) is 30.8 Å². The van der Waals surface area contributed by atoms with Crippen molar-refractivity contribution in [2.75, 3.05) is 45.9 Å². The van der Waals surface area contributed by atoms with Gasteiger partial charge < -0.3 is 24.6 Å². The summed E-state index contributed by atoms with van der Waals surface area (Å²) in [4.78, 5) is 52.6. The van der Waals surface area contributed by atoms with Crippen LogP contribution in [-0.4, -0.2) is 93.2 Å². The fourth-order valence-corrected chi connectivity index (χ4v) is 6.80. The van der Waals surface area contributed by atoms with Crippen molar-refractivity contribution >= 4 is 28.6 Å². The number of hydrogen-bond acceptors (Lipinski definition) is 8. The second-order valence-electron chi connectivity index (χ2n) is 12.0. The maximum absolute atomic E-state index is 13.8. The number of amides is 3. The van der Waals surface area contributed by atoms with Crippen LogP contribution in [0.4, 0.5) is 0 Å². The van der Waals surface area contributed by atoms with Crippen molar-refractivity contribution in [1.82, 2.24) is 34.9 Å². The highest BCUT2D eigenvalue weighted by atomic mass is 16.5. The number of benzene rings is 2. The van der Waals surface area contributed by atoms with Gasteiger partial charge in [-0.2, -0.15) is 5.10 Å². The molecule has 2 aromatic heterocycles. The molecule has 4 aromatic rings. The van der Waals surface area contributed by atoms with Crippen LogP contribution in [0.2, 0.25) is 0 Å². The summed E-state index contributed by atoms with van der Waals surface area (Å²) in [6, 6.07) is 15.1. The van der Waals surface area contributed by atoms with E-state index in [0.717, 1.165) is 16.5 Å². The molecule has 2 aromatic carbocycles. The van der Waals surface area contributed by atoms with E-state index in [9.17, 15) is 14.4 Å². The zero-order valence-electron chi connectivity index (χ0n) is 24.9. The molecule has 4 aliphatic rings. The molecule has 0 unspecified atom stereocenters. The molecule has 3 amide bonds. The van der Waals surface area contributed by atoms with E-state index < -0.39 is 5.41 Å². The maximum atomic E-state index is 13.8. The van der Waals surface area contributed by atoms with E-state index in [1.807, 2.05) is 47.4 Å². The van der Waals surface area contributed by atoms with E-state index >= 15 is 0 Å². The first-order chi connectivity index (χ1) is 22.0. The second kappa shape index (κ2) is 12.2. The molecule has 45 heavy (non-hydrogen) atoms. The number of nitrogens with zero attached hydrogens (tertiary/aromatic N) is 6. The SMILES string of the molecule is O=C1CN(C(=O)c2ccnc3ccccc23)CCCOc2cccc3c2OC[C@@]2(CN1)CN(C(=O)CCCn1cncn1)C[C@@H]32. The van der Waals surface area contributed by atoms with E-state index in [2.05, 4.69) is 20.4 Å². The summed E-state index contributed by atoms with van der Waals surface area (Å²) in [5.41, 5.74) is 1.69. The van der Waals surface area contributed by atoms with E-state index in [4.69, 9.17) is 9.47 Å². The standard InChI is InChI=1S/C33H35N7O5/c41-29-17-38(32(43)24-11-12-35-27-8-2-1-6-23(24)27)13-5-15-44-28-9-3-7-25-26-16-39(19-33(26,18-36-29)20-45-31(25)28)30(42)10-4-14-40-22-34-21-37-40/h1-3,6-9,11-12,21-22,26H,4-5,10,13-20H2,(H,36,41)/t26-,33+/m0/s1. The lowest BCUT2D eigenvalue weighted by Gasteiger charge is -2.40. The highest BCUT2D eigenvalue weighted by Gasteiger charge is 2.53. The number of fused-ring (bicyclic) bond motifs is 10. The van der Waals surface area contributed by atoms with Crippen LogP contribution in [0.3, 0.4) is 0 Å². The monoisotopic (exact) mass is 609 g/mol. The minimum atomic E-state index is -0.525. The van der Waals surface area contributed by atoms with Crippen LogP contribution in [0.25, 0.3) is 10.9 Å². The molecule has 1 N–H and O–H groups in total. The van der Waals surface area contributed by atoms with Crippen molar-refractivity contribution in [1.29, 1.82) is 0 Å². The van der Waals surface area contributed by atoms with Gasteiger partial charge in [0.2, 0.25) is 11.8 Å². The van der Waals surface area contributed by atoms with Gasteiger partial charge in [0, 0.05) is 67.6 Å². The highest BCUT2D eigenvalue weighted by molar-refractivity contribution is 6.06. The molecule has 1 fully saturated rings. The van der Waals surface area contributed by atoms with Crippen molar-refractivity contribution in [3.05, 3.63) is 78.5 Å². The number of para-hydroxylation sites is 2. The first-order valence-corrected chi connectivity index (χ1v) is 15.4. The first kappa shape index (κ1) is 28.8. The van der Waals surface area contributed by atoms with Crippen LogP contribution < -0.4 is 14.8 Å². The molecule has 4 bridgehead atoms. The Bertz CT molecular complexity index is 1720. The van der Waals surface area contributed by atoms with Crippen LogP contribution in [-0.2, 0) is 16.1 Å². The van der Waals surface area contributed by atoms with Gasteiger partial charge in [-0.05, 0) is 31.0 Å². The van der Waals surface area contributed by atoms with Crippen molar-refractivity contribution in [2.45, 2.75) is 31.7 Å². The Labute approximate surface area is 260 Å². The number of rotatable bonds is 5. The lowest BCUT2D eigenvalue weighted by atomic mass is 9.73. The number of aryl methyl sites for hydroxylation is 1. The quantitative estimate of drug-likeness (QED) is 0.366. The molecule has 0 saturated carbocycles. The summed E-state index contributed by atoms with van der Waals surface area (Å²) in [6.45, 7) is 2.81. The van der Waals surface area contributed by atoms with Crippen molar-refractivity contribution < 1.29 is 23.9 Å². The second-order valence-corrected chi connectivity index (χ2v) is 12.0. The molecule has 6 heterocycles. The van der Waals surface area contributed by atoms with Crippen molar-refractivity contribution in [3.8, 4) is 11.5 Å². The third-order valence-corrected chi connectivity index (χ3v) is 9.10. The maximum Gasteiger partial charge on any atom is 0.255 e. The molecule has 232 valence electrons. The van der Waals surface area contributed by atoms with Gasteiger partial charge >= 0.3 is 0 Å². The molecule has 12 nitrogen and oxygen atoms in total. The number of nitrogens with one attached hydrogen (secondary N) is 1. The molecule has 2 atom stereocenters. The van der Waals surface area contributed by atoms with Gasteiger partial charge in [-0.3, -0.25) is 24.0 Å². The number of aromatic nitrogens is 4. The Morgan fingerprint density at radius 3 is 2.87 bits per heavy atom. The molecule has 1 spiro atoms. The van der Waals surface area contributed by atoms with Gasteiger partial charge in [-0.25, -0.2) is 4.98 Å². The van der Waals surface area contributed by atoms with Gasteiger partial charge in [0.15, 0.2) is 11.5 Å². The minimum absolute atomic E-state index is 0.0479. The lowest BCUT2D eigenvalue weighted by molar-refractivity contribution is -0.130. The number of likely N-dealkylation sites (tertiary alicyclic amines) is 1. The molecule has 0 radical (unpaired) electrons. The molecule has 0 aliphatic carbocycles. The fourth-order valence-electron chi connectivity index (χ4n) is 6.80. The normalized spacial score (nSPS) is 21.4. The Morgan fingerprint density at radius 2 is 1.98 bits per heavy atom. The van der Waals surface area contributed by atoms with E-state index in [1.165, 1.54) is 6.33 Å². The van der Waals surface area contributed by atoms with Gasteiger partial charge in [0.25, 0.3) is 5.91 Å². The zero-order chi connectivity index (χ0) is 30.8. The number of carbonyl (C=O) groups is 3. The van der Waals surface area contributed by atoms with Crippen LogP contribution >= 0.6 is 0 Å². The number of hydrogen-bond donors (Lipinski definition) is 1. The topological polar surface area (TPSA) is 132 Å². The predicted octanol–water partition coefficient (Wildman–Crippen LogP) is 2.65. The van der Waals surface area contributed by atoms with E-state index in [1.54, 1.807) is 28.2 Å². The van der Waals surface area contributed by atoms with E-state index in [0.29, 0.717) is 82.3 Å². The summed E-state index contributed by atoms with van der Waals surface area (Å²) in [6.07, 6.45) is 6.30. The molecular formula is C33H35N7O5. The Balaban J connectivity index is 1.13. The summed E-state index contributed by atoms with van der Waals surface area (Å²) >= 11 is 0. The third kappa shape index (κ3) is 5.67. The summed E-state index contributed by atoms with van der Waals surface area (Å²) in [5, 5.41) is 7.98. The van der Waals surface area contributed by atoms with Crippen LogP contribution in [0.1, 0.15) is 41.1 Å². The average Bonchev–Trinajstić information content (AvgIpc) is 3.73. The lowest BCUT2D eigenvalue weighted by Crippen LogP contribution is -2.50. The molecular weight excluding hydrogens is 574 g/mol. The molecule has 1 saturated heterocycles. The van der Waals surface area contributed by atoms with Crippen molar-refractivity contribution in [2.24, 2.45) is 5.41 Å². The summed E-state index contributed by atoms with van der Waals surface area (Å²) < 4.78 is 14.3. The van der Waals surface area contributed by atoms with Crippen LogP contribution in [0.15, 0.2) is 67.4 Å². The largest absolute Gasteiger partial charge is 0.490 e. The predicted molar refractivity (Wildman–Crippen MR) is 164 cm³/mol. The fraction of sp³-hybridized carbons (Fsp3) is 0.394. The van der Waals surface area contributed by atoms with E-state index in [-0.39, 0.29) is 30.2 Å². The Kier molecular flexibility index (Phi) is 7.78. The Hall–Kier alpha value is -5.00. The van der Waals surface area contributed by atoms with Gasteiger partial charge in [-0.15, -0.1) is 0 Å². The molecule has 8 rings (SSSR count). The summed E-state index contributed by atoms with van der Waals surface area (Å²) in [5.74, 6) is 0.864. The number of pyridine rings is 1. The van der Waals surface area contributed by atoms with Crippen LogP contribution in [0, 0.1) is 5.41 Å². The number of ether oxygens (including phenoxy) is 2. The first-order valence-electron chi connectivity index (χ1n) is 15.4. The van der Waals surface area contributed by atoms with Gasteiger partial charge in [-0.1, -0.05) is 30.3 Å². The van der Waals surface area contributed by atoms with Crippen molar-refractivity contribution in [3.63, 3.8) is 0 Å². The average molecular weight is 610 g/mol. The highest BCUT2D eigenvalue weighted by Crippen LogP contribution is 2.52. The third-order valence-electron chi connectivity index (χ3n) is 9.10. The molecule has 4 aliphatic heterocycles. The summed E-state index contributed by atoms with van der Waals surface area (Å²) in [7, 11) is 0. The minimum Gasteiger partial charge on any atom is -0.490 e. The Morgan fingerprint density at radius 1 is 1.07 bits per heavy atom. The smallest absolute Gasteiger partial charge is 0.255 e. The van der Waals surface area contributed by atoms with Gasteiger partial charge in [0.1, 0.15) is 12.7 Å². The van der Waals surface area contributed by atoms with Crippen LogP contribution in [0.5, 0.6) is 11.5 Å². The zero-order valence-corrected chi connectivity index (χ0v) is 24.9.